The molecule has 0 fully saturated rings. The number of nitrogens with zero attached hydrogens (tertiary/aromatic N) is 2. The highest BCUT2D eigenvalue weighted by Gasteiger charge is 2.11. The van der Waals surface area contributed by atoms with E-state index in [4.69, 9.17) is 4.74 Å². The van der Waals surface area contributed by atoms with Gasteiger partial charge in [0.25, 0.3) is 0 Å². The van der Waals surface area contributed by atoms with Crippen molar-refractivity contribution in [3.05, 3.63) is 34.8 Å². The van der Waals surface area contributed by atoms with E-state index < -0.39 is 0 Å². The molecule has 2 N–H and O–H groups in total. The van der Waals surface area contributed by atoms with Crippen LogP contribution in [-0.2, 0) is 0 Å². The van der Waals surface area contributed by atoms with E-state index in [0.29, 0.717) is 29.5 Å². The fraction of sp³-hybridized carbons (Fsp3) is 0.143. The van der Waals surface area contributed by atoms with Crippen LogP contribution in [0.4, 0.5) is 0 Å². The lowest BCUT2D eigenvalue weighted by molar-refractivity contribution is 0.328. The predicted octanol–water partition coefficient (Wildman–Crippen LogP) is 3.49. The number of H-pyrrole nitrogens is 1. The maximum Gasteiger partial charge on any atom is 0.215 e. The molecule has 0 saturated carbocycles. The van der Waals surface area contributed by atoms with Crippen molar-refractivity contribution in [1.82, 2.24) is 15.0 Å². The van der Waals surface area contributed by atoms with E-state index in [2.05, 4.69) is 30.9 Å². The third kappa shape index (κ3) is 2.34. The maximum atomic E-state index is 9.97. The molecular weight excluding hydrogens is 322 g/mol. The van der Waals surface area contributed by atoms with Crippen molar-refractivity contribution >= 4 is 27.1 Å². The second kappa shape index (κ2) is 5.13. The molecule has 0 bridgehead atoms. The van der Waals surface area contributed by atoms with Gasteiger partial charge in [-0.1, -0.05) is 15.9 Å². The molecular formula is C14H12BrN3O2. The van der Waals surface area contributed by atoms with Gasteiger partial charge in [0.2, 0.25) is 5.88 Å². The summed E-state index contributed by atoms with van der Waals surface area (Å²) < 4.78 is 6.16. The Kier molecular flexibility index (Phi) is 3.31. The number of phenolic OH excluding ortho intramolecular Hbond substituents is 1. The van der Waals surface area contributed by atoms with E-state index in [-0.39, 0.29) is 5.75 Å². The molecule has 0 unspecified atom stereocenters. The summed E-state index contributed by atoms with van der Waals surface area (Å²) in [6.45, 7) is 2.46. The number of aromatic nitrogens is 3. The fourth-order valence-electron chi connectivity index (χ4n) is 1.94. The van der Waals surface area contributed by atoms with Crippen LogP contribution in [0.2, 0.25) is 0 Å². The van der Waals surface area contributed by atoms with Crippen molar-refractivity contribution in [3.8, 4) is 23.0 Å². The smallest absolute Gasteiger partial charge is 0.215 e. The Balaban J connectivity index is 2.08. The van der Waals surface area contributed by atoms with E-state index in [0.717, 1.165) is 9.99 Å². The van der Waals surface area contributed by atoms with Gasteiger partial charge >= 0.3 is 0 Å². The third-order valence-electron chi connectivity index (χ3n) is 2.83. The Morgan fingerprint density at radius 3 is 2.85 bits per heavy atom. The molecule has 0 saturated heterocycles. The number of phenols is 1. The van der Waals surface area contributed by atoms with Crippen LogP contribution in [0.15, 0.2) is 34.8 Å². The molecule has 3 rings (SSSR count). The number of nitrogens with one attached hydrogen (secondary N) is 1. The quantitative estimate of drug-likeness (QED) is 0.769. The van der Waals surface area contributed by atoms with Gasteiger partial charge in [-0.25, -0.2) is 4.98 Å². The first-order valence-electron chi connectivity index (χ1n) is 6.16. The van der Waals surface area contributed by atoms with E-state index in [1.807, 2.05) is 19.1 Å². The summed E-state index contributed by atoms with van der Waals surface area (Å²) in [5.74, 6) is 1.27. The zero-order chi connectivity index (χ0) is 14.1. The largest absolute Gasteiger partial charge is 0.507 e. The van der Waals surface area contributed by atoms with Crippen LogP contribution in [-0.4, -0.2) is 26.7 Å². The minimum Gasteiger partial charge on any atom is -0.507 e. The molecule has 0 atom stereocenters. The minimum atomic E-state index is 0.156. The van der Waals surface area contributed by atoms with Gasteiger partial charge < -0.3 is 14.8 Å². The van der Waals surface area contributed by atoms with Crippen LogP contribution >= 0.6 is 15.9 Å². The molecule has 3 aromatic rings. The first-order chi connectivity index (χ1) is 9.67. The molecule has 0 aliphatic heterocycles. The standard InChI is InChI=1S/C14H12BrN3O2/c1-2-20-12-6-5-10-14(17-12)18-13(16-10)9-4-3-8(15)7-11(9)19/h3-7,19H,2H2,1H3,(H,16,17,18). The summed E-state index contributed by atoms with van der Waals surface area (Å²) in [6, 6.07) is 8.92. The average Bonchev–Trinajstić information content (AvgIpc) is 2.81. The number of fused-ring (bicyclic) bond motifs is 1. The topological polar surface area (TPSA) is 71.0 Å². The molecule has 1 aromatic carbocycles. The van der Waals surface area contributed by atoms with Gasteiger partial charge in [-0.05, 0) is 31.2 Å². The number of imidazole rings is 1. The Bertz CT molecular complexity index is 770. The molecule has 0 radical (unpaired) electrons. The number of rotatable bonds is 3. The summed E-state index contributed by atoms with van der Waals surface area (Å²) in [6.07, 6.45) is 0. The molecule has 2 aromatic heterocycles. The minimum absolute atomic E-state index is 0.156. The summed E-state index contributed by atoms with van der Waals surface area (Å²) >= 11 is 3.31. The van der Waals surface area contributed by atoms with E-state index in [9.17, 15) is 5.11 Å². The molecule has 2 heterocycles. The van der Waals surface area contributed by atoms with Crippen LogP contribution in [0.5, 0.6) is 11.6 Å². The highest BCUT2D eigenvalue weighted by molar-refractivity contribution is 9.10. The van der Waals surface area contributed by atoms with Gasteiger partial charge in [0.1, 0.15) is 11.6 Å². The lowest BCUT2D eigenvalue weighted by Crippen LogP contribution is -1.93. The van der Waals surface area contributed by atoms with E-state index in [1.165, 1.54) is 0 Å². The summed E-state index contributed by atoms with van der Waals surface area (Å²) in [7, 11) is 0. The molecule has 0 aliphatic carbocycles. The van der Waals surface area contributed by atoms with E-state index in [1.54, 1.807) is 18.2 Å². The molecule has 0 spiro atoms. The lowest BCUT2D eigenvalue weighted by Gasteiger charge is -2.00. The van der Waals surface area contributed by atoms with Crippen molar-refractivity contribution in [1.29, 1.82) is 0 Å². The van der Waals surface area contributed by atoms with Crippen molar-refractivity contribution in [3.63, 3.8) is 0 Å². The Labute approximate surface area is 123 Å². The van der Waals surface area contributed by atoms with Crippen LogP contribution in [0, 0.1) is 0 Å². The number of aromatic hydroxyl groups is 1. The Hall–Kier alpha value is -2.08. The molecule has 102 valence electrons. The molecule has 6 heteroatoms. The highest BCUT2D eigenvalue weighted by atomic mass is 79.9. The summed E-state index contributed by atoms with van der Waals surface area (Å²) in [5, 5.41) is 9.97. The zero-order valence-corrected chi connectivity index (χ0v) is 12.3. The first kappa shape index (κ1) is 12.9. The van der Waals surface area contributed by atoms with Gasteiger partial charge in [0.15, 0.2) is 5.65 Å². The third-order valence-corrected chi connectivity index (χ3v) is 3.32. The zero-order valence-electron chi connectivity index (χ0n) is 10.7. The molecule has 0 amide bonds. The van der Waals surface area contributed by atoms with Crippen LogP contribution in [0.3, 0.4) is 0 Å². The predicted molar refractivity (Wildman–Crippen MR) is 79.9 cm³/mol. The number of pyridine rings is 1. The van der Waals surface area contributed by atoms with Gasteiger partial charge in [-0.15, -0.1) is 0 Å². The number of halogens is 1. The van der Waals surface area contributed by atoms with Crippen molar-refractivity contribution in [2.45, 2.75) is 6.92 Å². The van der Waals surface area contributed by atoms with Crippen molar-refractivity contribution in [2.75, 3.05) is 6.61 Å². The molecule has 20 heavy (non-hydrogen) atoms. The van der Waals surface area contributed by atoms with Crippen LogP contribution in [0.1, 0.15) is 6.92 Å². The average molecular weight is 334 g/mol. The summed E-state index contributed by atoms with van der Waals surface area (Å²) in [5.41, 5.74) is 1.99. The number of benzene rings is 1. The summed E-state index contributed by atoms with van der Waals surface area (Å²) in [4.78, 5) is 11.8. The van der Waals surface area contributed by atoms with E-state index >= 15 is 0 Å². The Morgan fingerprint density at radius 1 is 1.25 bits per heavy atom. The van der Waals surface area contributed by atoms with Gasteiger partial charge in [-0.3, -0.25) is 0 Å². The maximum absolute atomic E-state index is 9.97. The Morgan fingerprint density at radius 2 is 2.10 bits per heavy atom. The number of ether oxygens (including phenoxy) is 1. The number of hydrogen-bond donors (Lipinski definition) is 2. The second-order valence-electron chi connectivity index (χ2n) is 4.20. The number of hydrogen-bond acceptors (Lipinski definition) is 4. The van der Waals surface area contributed by atoms with Gasteiger partial charge in [0.05, 0.1) is 17.7 Å². The van der Waals surface area contributed by atoms with Crippen molar-refractivity contribution in [2.24, 2.45) is 0 Å². The normalized spacial score (nSPS) is 10.9. The highest BCUT2D eigenvalue weighted by Crippen LogP contribution is 2.31. The molecule has 0 aliphatic rings. The molecule has 5 nitrogen and oxygen atoms in total. The first-order valence-corrected chi connectivity index (χ1v) is 6.95. The van der Waals surface area contributed by atoms with Gasteiger partial charge in [-0.2, -0.15) is 4.98 Å². The van der Waals surface area contributed by atoms with Crippen LogP contribution < -0.4 is 4.74 Å². The SMILES string of the molecule is CCOc1ccc2[nH]c(-c3ccc(Br)cc3O)nc2n1. The second-order valence-corrected chi connectivity index (χ2v) is 5.12. The van der Waals surface area contributed by atoms with Crippen molar-refractivity contribution < 1.29 is 9.84 Å². The number of aromatic amines is 1. The van der Waals surface area contributed by atoms with Crippen LogP contribution in [0.25, 0.3) is 22.6 Å². The van der Waals surface area contributed by atoms with Gasteiger partial charge in [0, 0.05) is 10.5 Å². The monoisotopic (exact) mass is 333 g/mol. The fourth-order valence-corrected chi connectivity index (χ4v) is 2.29. The lowest BCUT2D eigenvalue weighted by atomic mass is 10.2.